The highest BCUT2D eigenvalue weighted by molar-refractivity contribution is 6.31. The maximum atomic E-state index is 10.7. The molecular weight excluding hydrogens is 293 g/mol. The van der Waals surface area contributed by atoms with Crippen molar-refractivity contribution in [3.8, 4) is 0 Å². The Kier molecular flexibility index (Phi) is 6.73. The van der Waals surface area contributed by atoms with Gasteiger partial charge in [0.1, 0.15) is 0 Å². The second-order valence-corrected chi connectivity index (χ2v) is 5.28. The van der Waals surface area contributed by atoms with Crippen LogP contribution in [0.25, 0.3) is 0 Å². The summed E-state index contributed by atoms with van der Waals surface area (Å²) < 4.78 is 0. The molecule has 20 heavy (non-hydrogen) atoms. The molecule has 106 valence electrons. The van der Waals surface area contributed by atoms with Gasteiger partial charge in [-0.15, -0.1) is 0 Å². The van der Waals surface area contributed by atoms with Crippen LogP contribution in [0.2, 0.25) is 10.0 Å². The van der Waals surface area contributed by atoms with Gasteiger partial charge in [0.25, 0.3) is 0 Å². The zero-order valence-corrected chi connectivity index (χ0v) is 12.9. The van der Waals surface area contributed by atoms with Gasteiger partial charge in [-0.25, -0.2) is 0 Å². The molecule has 0 heterocycles. The van der Waals surface area contributed by atoms with E-state index in [1.54, 1.807) is 24.3 Å². The highest BCUT2D eigenvalue weighted by atomic mass is 35.5. The minimum atomic E-state index is 0.0440. The number of hydrogen-bond acceptors (Lipinski definition) is 2. The molecule has 0 spiro atoms. The van der Waals surface area contributed by atoms with Crippen molar-refractivity contribution in [1.29, 1.82) is 0 Å². The van der Waals surface area contributed by atoms with Crippen LogP contribution in [0.1, 0.15) is 35.8 Å². The summed E-state index contributed by atoms with van der Waals surface area (Å²) in [5.41, 5.74) is 7.36. The molecule has 0 bridgehead atoms. The van der Waals surface area contributed by atoms with Crippen LogP contribution in [0.4, 0.5) is 0 Å². The number of Topliss-reactive ketones (excluding diaryl/α,β-unsaturated/α-hetero) is 1. The first kappa shape index (κ1) is 16.7. The van der Waals surface area contributed by atoms with Gasteiger partial charge in [0.05, 0.1) is 0 Å². The van der Waals surface area contributed by atoms with Crippen molar-refractivity contribution in [1.82, 2.24) is 0 Å². The molecule has 0 aliphatic carbocycles. The highest BCUT2D eigenvalue weighted by Crippen LogP contribution is 2.14. The van der Waals surface area contributed by atoms with Crippen LogP contribution < -0.4 is 5.73 Å². The standard InChI is InChI=1S/C8H10ClN.C8H7ClO/c2*1-6(10)7-3-2-4-8(9)5-7/h2-6H,10H2,1H3;2-5H,1H3/t6-;/m1./s1. The quantitative estimate of drug-likeness (QED) is 0.801. The van der Waals surface area contributed by atoms with E-state index in [9.17, 15) is 4.79 Å². The van der Waals surface area contributed by atoms with Gasteiger partial charge in [0.2, 0.25) is 0 Å². The Hall–Kier alpha value is -1.35. The van der Waals surface area contributed by atoms with Crippen molar-refractivity contribution < 1.29 is 4.79 Å². The molecule has 0 fully saturated rings. The summed E-state index contributed by atoms with van der Waals surface area (Å²) in [4.78, 5) is 10.7. The van der Waals surface area contributed by atoms with Crippen LogP contribution in [0.15, 0.2) is 48.5 Å². The number of rotatable bonds is 2. The fourth-order valence-electron chi connectivity index (χ4n) is 1.50. The molecule has 0 amide bonds. The van der Waals surface area contributed by atoms with Crippen molar-refractivity contribution >= 4 is 29.0 Å². The number of benzene rings is 2. The van der Waals surface area contributed by atoms with E-state index >= 15 is 0 Å². The van der Waals surface area contributed by atoms with Gasteiger partial charge in [-0.05, 0) is 43.7 Å². The van der Waals surface area contributed by atoms with Gasteiger partial charge in [-0.2, -0.15) is 0 Å². The normalized spacial score (nSPS) is 11.2. The van der Waals surface area contributed by atoms with Gasteiger partial charge in [0.15, 0.2) is 5.78 Å². The van der Waals surface area contributed by atoms with E-state index < -0.39 is 0 Å². The van der Waals surface area contributed by atoms with E-state index in [4.69, 9.17) is 28.9 Å². The predicted octanol–water partition coefficient (Wildman–Crippen LogP) is 4.90. The average Bonchev–Trinajstić information content (AvgIpc) is 2.39. The molecule has 1 atom stereocenters. The summed E-state index contributed by atoms with van der Waals surface area (Å²) in [6, 6.07) is 14.6. The lowest BCUT2D eigenvalue weighted by atomic mass is 10.1. The Bertz CT molecular complexity index is 582. The van der Waals surface area contributed by atoms with Crippen LogP contribution in [0.3, 0.4) is 0 Å². The molecule has 0 aliphatic heterocycles. The minimum absolute atomic E-state index is 0.0440. The molecule has 0 saturated heterocycles. The second kappa shape index (κ2) is 8.05. The lowest BCUT2D eigenvalue weighted by Gasteiger charge is -2.03. The molecule has 2 rings (SSSR count). The van der Waals surface area contributed by atoms with Crippen molar-refractivity contribution in [2.24, 2.45) is 5.73 Å². The van der Waals surface area contributed by atoms with Crippen LogP contribution in [-0.4, -0.2) is 5.78 Å². The molecular formula is C16H17Cl2NO. The van der Waals surface area contributed by atoms with Crippen molar-refractivity contribution in [2.45, 2.75) is 19.9 Å². The smallest absolute Gasteiger partial charge is 0.159 e. The molecule has 0 aliphatic rings. The maximum absolute atomic E-state index is 10.7. The molecule has 0 saturated carbocycles. The summed E-state index contributed by atoms with van der Waals surface area (Å²) in [5.74, 6) is 0.0440. The molecule has 0 aromatic heterocycles. The Morgan fingerprint density at radius 2 is 1.60 bits per heavy atom. The molecule has 0 radical (unpaired) electrons. The number of carbonyl (C=O) groups is 1. The molecule has 0 unspecified atom stereocenters. The Labute approximate surface area is 129 Å². The molecule has 2 aromatic carbocycles. The van der Waals surface area contributed by atoms with E-state index in [1.807, 2.05) is 31.2 Å². The van der Waals surface area contributed by atoms with Crippen LogP contribution in [0.5, 0.6) is 0 Å². The SMILES string of the molecule is CC(=O)c1cccc(Cl)c1.C[C@@H](N)c1cccc(Cl)c1. The zero-order chi connectivity index (χ0) is 15.1. The van der Waals surface area contributed by atoms with E-state index in [0.717, 1.165) is 10.6 Å². The molecule has 2 aromatic rings. The fraction of sp³-hybridized carbons (Fsp3) is 0.188. The van der Waals surface area contributed by atoms with Gasteiger partial charge >= 0.3 is 0 Å². The number of carbonyl (C=O) groups excluding carboxylic acids is 1. The highest BCUT2D eigenvalue weighted by Gasteiger charge is 1.97. The monoisotopic (exact) mass is 309 g/mol. The van der Waals surface area contributed by atoms with Crippen molar-refractivity contribution in [2.75, 3.05) is 0 Å². The first-order chi connectivity index (χ1) is 9.40. The summed E-state index contributed by atoms with van der Waals surface area (Å²) in [6.45, 7) is 3.46. The third-order valence-electron chi connectivity index (χ3n) is 2.61. The van der Waals surface area contributed by atoms with Crippen LogP contribution >= 0.6 is 23.2 Å². The zero-order valence-electron chi connectivity index (χ0n) is 11.4. The lowest BCUT2D eigenvalue weighted by Crippen LogP contribution is -2.04. The Morgan fingerprint density at radius 3 is 1.95 bits per heavy atom. The molecule has 2 nitrogen and oxygen atoms in total. The fourth-order valence-corrected chi connectivity index (χ4v) is 1.89. The summed E-state index contributed by atoms with van der Waals surface area (Å²) in [7, 11) is 0. The third-order valence-corrected chi connectivity index (χ3v) is 3.08. The van der Waals surface area contributed by atoms with Crippen LogP contribution in [0, 0.1) is 0 Å². The number of halogens is 2. The molecule has 2 N–H and O–H groups in total. The lowest BCUT2D eigenvalue weighted by molar-refractivity contribution is 0.101. The van der Waals surface area contributed by atoms with Gasteiger partial charge < -0.3 is 5.73 Å². The number of ketones is 1. The van der Waals surface area contributed by atoms with Gasteiger partial charge in [-0.1, -0.05) is 47.5 Å². The first-order valence-electron chi connectivity index (χ1n) is 6.17. The van der Waals surface area contributed by atoms with Crippen LogP contribution in [-0.2, 0) is 0 Å². The van der Waals surface area contributed by atoms with E-state index in [2.05, 4.69) is 0 Å². The summed E-state index contributed by atoms with van der Waals surface area (Å²) in [6.07, 6.45) is 0. The minimum Gasteiger partial charge on any atom is -0.324 e. The van der Waals surface area contributed by atoms with Crippen molar-refractivity contribution in [3.05, 3.63) is 69.7 Å². The first-order valence-corrected chi connectivity index (χ1v) is 6.93. The average molecular weight is 310 g/mol. The largest absolute Gasteiger partial charge is 0.324 e. The summed E-state index contributed by atoms with van der Waals surface area (Å²) in [5, 5.41) is 1.35. The van der Waals surface area contributed by atoms with Gasteiger partial charge in [0, 0.05) is 21.7 Å². The predicted molar refractivity (Wildman–Crippen MR) is 85.5 cm³/mol. The number of hydrogen-bond donors (Lipinski definition) is 1. The molecule has 4 heteroatoms. The van der Waals surface area contributed by atoms with E-state index in [0.29, 0.717) is 10.6 Å². The number of nitrogens with two attached hydrogens (primary N) is 1. The Morgan fingerprint density at radius 1 is 1.05 bits per heavy atom. The second-order valence-electron chi connectivity index (χ2n) is 4.41. The Balaban J connectivity index is 0.000000200. The maximum Gasteiger partial charge on any atom is 0.159 e. The summed E-state index contributed by atoms with van der Waals surface area (Å²) >= 11 is 11.4. The van der Waals surface area contributed by atoms with Crippen molar-refractivity contribution in [3.63, 3.8) is 0 Å². The van der Waals surface area contributed by atoms with E-state index in [1.165, 1.54) is 6.92 Å². The topological polar surface area (TPSA) is 43.1 Å². The van der Waals surface area contributed by atoms with Gasteiger partial charge in [-0.3, -0.25) is 4.79 Å². The van der Waals surface area contributed by atoms with E-state index in [-0.39, 0.29) is 11.8 Å². The third kappa shape index (κ3) is 5.74.